The lowest BCUT2D eigenvalue weighted by Gasteiger charge is -2.38. The molecule has 18 heavy (non-hydrogen) atoms. The lowest BCUT2D eigenvalue weighted by Crippen LogP contribution is -2.30. The lowest BCUT2D eigenvalue weighted by molar-refractivity contribution is 0.183. The minimum absolute atomic E-state index is 0.224. The summed E-state index contributed by atoms with van der Waals surface area (Å²) in [5.41, 5.74) is 5.06. The molecule has 0 bridgehead atoms. The van der Waals surface area contributed by atoms with Gasteiger partial charge in [0.1, 0.15) is 0 Å². The highest BCUT2D eigenvalue weighted by Gasteiger charge is 2.33. The molecule has 106 valence electrons. The van der Waals surface area contributed by atoms with Crippen LogP contribution in [-0.2, 0) is 0 Å². The summed E-state index contributed by atoms with van der Waals surface area (Å²) in [7, 11) is 2.02. The molecule has 0 fully saturated rings. The van der Waals surface area contributed by atoms with Crippen LogP contribution < -0.4 is 5.32 Å². The number of hydrogen-bond acceptors (Lipinski definition) is 1. The van der Waals surface area contributed by atoms with Gasteiger partial charge in [-0.25, -0.2) is 0 Å². The molecule has 0 amide bonds. The number of hydrogen-bond donors (Lipinski definition) is 1. The van der Waals surface area contributed by atoms with Crippen LogP contribution >= 0.6 is 0 Å². The van der Waals surface area contributed by atoms with Crippen LogP contribution in [0.3, 0.4) is 0 Å². The van der Waals surface area contributed by atoms with E-state index < -0.39 is 0 Å². The van der Waals surface area contributed by atoms with Crippen molar-refractivity contribution < 1.29 is 0 Å². The summed E-state index contributed by atoms with van der Waals surface area (Å²) in [6.07, 6.45) is 6.30. The molecular formula is C17H33N. The minimum Gasteiger partial charge on any atom is -0.320 e. The monoisotopic (exact) mass is 251 g/mol. The topological polar surface area (TPSA) is 12.0 Å². The molecule has 1 unspecified atom stereocenters. The van der Waals surface area contributed by atoms with E-state index in [-0.39, 0.29) is 5.41 Å². The maximum atomic E-state index is 3.84. The maximum Gasteiger partial charge on any atom is -0.00264 e. The van der Waals surface area contributed by atoms with Gasteiger partial charge in [-0.3, -0.25) is 0 Å². The molecule has 0 saturated carbocycles. The van der Waals surface area contributed by atoms with E-state index in [1.165, 1.54) is 31.3 Å². The average molecular weight is 251 g/mol. The van der Waals surface area contributed by atoms with Crippen LogP contribution in [0.5, 0.6) is 0 Å². The summed E-state index contributed by atoms with van der Waals surface area (Å²) < 4.78 is 0. The van der Waals surface area contributed by atoms with Crippen LogP contribution in [0.15, 0.2) is 17.9 Å². The Kier molecular flexibility index (Phi) is 7.59. The third-order valence-electron chi connectivity index (χ3n) is 4.17. The van der Waals surface area contributed by atoms with Gasteiger partial charge in [0.15, 0.2) is 0 Å². The summed E-state index contributed by atoms with van der Waals surface area (Å²) in [4.78, 5) is 0. The molecule has 0 aliphatic heterocycles. The van der Waals surface area contributed by atoms with Gasteiger partial charge < -0.3 is 5.32 Å². The average Bonchev–Trinajstić information content (AvgIpc) is 2.32. The molecule has 0 spiro atoms. The Morgan fingerprint density at radius 3 is 2.28 bits per heavy atom. The zero-order valence-electron chi connectivity index (χ0n) is 13.4. The molecule has 1 nitrogen and oxygen atoms in total. The van der Waals surface area contributed by atoms with E-state index in [1.54, 1.807) is 0 Å². The second kappa shape index (κ2) is 7.81. The smallest absolute Gasteiger partial charge is 0.00264 e. The van der Waals surface area contributed by atoms with E-state index in [2.05, 4.69) is 52.2 Å². The highest BCUT2D eigenvalue weighted by atomic mass is 14.8. The van der Waals surface area contributed by atoms with Crippen molar-refractivity contribution in [2.45, 2.75) is 66.7 Å². The second-order valence-electron chi connectivity index (χ2n) is 6.66. The van der Waals surface area contributed by atoms with Crippen molar-refractivity contribution in [2.24, 2.45) is 10.8 Å². The maximum absolute atomic E-state index is 3.84. The first kappa shape index (κ1) is 17.5. The summed E-state index contributed by atoms with van der Waals surface area (Å²) in [5.74, 6) is 0. The van der Waals surface area contributed by atoms with Crippen molar-refractivity contribution in [3.63, 3.8) is 0 Å². The van der Waals surface area contributed by atoms with Gasteiger partial charge in [-0.1, -0.05) is 47.1 Å². The van der Waals surface area contributed by atoms with Gasteiger partial charge in [0.2, 0.25) is 0 Å². The van der Waals surface area contributed by atoms with Crippen LogP contribution in [0, 0.1) is 10.8 Å². The number of nitrogens with one attached hydrogen (secondary N) is 1. The highest BCUT2D eigenvalue weighted by molar-refractivity contribution is 5.10. The molecule has 0 aromatic carbocycles. The van der Waals surface area contributed by atoms with Crippen LogP contribution in [0.2, 0.25) is 0 Å². The Labute approximate surface area is 115 Å². The fourth-order valence-corrected chi connectivity index (χ4v) is 2.82. The zero-order chi connectivity index (χ0) is 14.2. The molecule has 0 aromatic rings. The van der Waals surface area contributed by atoms with E-state index in [4.69, 9.17) is 0 Å². The molecule has 1 heteroatoms. The van der Waals surface area contributed by atoms with Gasteiger partial charge in [0, 0.05) is 0 Å². The highest BCUT2D eigenvalue weighted by Crippen LogP contribution is 2.43. The van der Waals surface area contributed by atoms with Crippen LogP contribution in [0.1, 0.15) is 66.7 Å². The predicted molar refractivity (Wildman–Crippen MR) is 82.9 cm³/mol. The van der Waals surface area contributed by atoms with Crippen molar-refractivity contribution in [1.29, 1.82) is 0 Å². The van der Waals surface area contributed by atoms with Gasteiger partial charge >= 0.3 is 0 Å². The molecule has 0 heterocycles. The van der Waals surface area contributed by atoms with Crippen molar-refractivity contribution in [3.8, 4) is 0 Å². The molecule has 0 aliphatic carbocycles. The first-order valence-electron chi connectivity index (χ1n) is 7.33. The number of rotatable bonds is 9. The standard InChI is InChI=1S/C17H33N/c1-8-10-11-16(4,5)14-17(6,12-13-18-7)15(3)9-2/h18H,2,8,10-14H2,1,3-7H3. The Hall–Kier alpha value is -0.520. The van der Waals surface area contributed by atoms with E-state index in [1.807, 2.05) is 7.05 Å². The first-order valence-corrected chi connectivity index (χ1v) is 7.33. The zero-order valence-corrected chi connectivity index (χ0v) is 13.4. The van der Waals surface area contributed by atoms with Gasteiger partial charge in [-0.05, 0) is 56.2 Å². The SMILES string of the molecule is C=C=C(C)C(C)(CCNC)CC(C)(C)CCCC. The Morgan fingerprint density at radius 2 is 1.83 bits per heavy atom. The Balaban J connectivity index is 4.82. The summed E-state index contributed by atoms with van der Waals surface area (Å²) in [6.45, 7) is 16.5. The van der Waals surface area contributed by atoms with Crippen LogP contribution in [0.25, 0.3) is 0 Å². The fraction of sp³-hybridized carbons (Fsp3) is 0.824. The van der Waals surface area contributed by atoms with E-state index in [9.17, 15) is 0 Å². The van der Waals surface area contributed by atoms with Gasteiger partial charge in [-0.2, -0.15) is 0 Å². The molecule has 0 aromatic heterocycles. The molecule has 1 N–H and O–H groups in total. The second-order valence-corrected chi connectivity index (χ2v) is 6.66. The lowest BCUT2D eigenvalue weighted by atomic mass is 9.67. The molecular weight excluding hydrogens is 218 g/mol. The van der Waals surface area contributed by atoms with E-state index in [0.29, 0.717) is 5.41 Å². The Bertz CT molecular complexity index is 284. The summed E-state index contributed by atoms with van der Waals surface area (Å²) in [6, 6.07) is 0. The molecule has 0 radical (unpaired) electrons. The molecule has 0 aliphatic rings. The van der Waals surface area contributed by atoms with Crippen LogP contribution in [-0.4, -0.2) is 13.6 Å². The van der Waals surface area contributed by atoms with E-state index in [0.717, 1.165) is 13.0 Å². The van der Waals surface area contributed by atoms with Crippen molar-refractivity contribution in [2.75, 3.05) is 13.6 Å². The normalized spacial score (nSPS) is 15.0. The van der Waals surface area contributed by atoms with Crippen molar-refractivity contribution in [3.05, 3.63) is 17.9 Å². The van der Waals surface area contributed by atoms with Crippen molar-refractivity contribution >= 4 is 0 Å². The van der Waals surface area contributed by atoms with E-state index >= 15 is 0 Å². The predicted octanol–water partition coefficient (Wildman–Crippen LogP) is 4.94. The van der Waals surface area contributed by atoms with Gasteiger partial charge in [0.25, 0.3) is 0 Å². The van der Waals surface area contributed by atoms with Crippen LogP contribution in [0.4, 0.5) is 0 Å². The number of unbranched alkanes of at least 4 members (excludes halogenated alkanes) is 1. The first-order chi connectivity index (χ1) is 8.31. The quantitative estimate of drug-likeness (QED) is 0.572. The molecule has 0 saturated heterocycles. The summed E-state index contributed by atoms with van der Waals surface area (Å²) >= 11 is 0. The largest absolute Gasteiger partial charge is 0.320 e. The van der Waals surface area contributed by atoms with Gasteiger partial charge in [-0.15, -0.1) is 5.73 Å². The van der Waals surface area contributed by atoms with Crippen molar-refractivity contribution in [1.82, 2.24) is 5.32 Å². The third-order valence-corrected chi connectivity index (χ3v) is 4.17. The minimum atomic E-state index is 0.224. The fourth-order valence-electron chi connectivity index (χ4n) is 2.82. The van der Waals surface area contributed by atoms with Gasteiger partial charge in [0.05, 0.1) is 0 Å². The summed E-state index contributed by atoms with van der Waals surface area (Å²) in [5, 5.41) is 3.27. The molecule has 0 rings (SSSR count). The Morgan fingerprint density at radius 1 is 1.22 bits per heavy atom. The number of allylic oxidation sites excluding steroid dienone is 1. The molecule has 1 atom stereocenters. The third kappa shape index (κ3) is 5.89.